The molecule has 1 aromatic rings. The molecule has 1 amide bonds. The van der Waals surface area contributed by atoms with Crippen LogP contribution in [0.1, 0.15) is 17.8 Å². The molecule has 0 bridgehead atoms. The summed E-state index contributed by atoms with van der Waals surface area (Å²) in [7, 11) is 0. The standard InChI is InChI=1S/C7H10N4OS/c1-4-10-11-6(13-4)9-5(12)7(8)2-3-7/h2-3,8H2,1H3,(H,9,11,12). The maximum atomic E-state index is 11.4. The average molecular weight is 198 g/mol. The zero-order chi connectivity index (χ0) is 9.47. The van der Waals surface area contributed by atoms with E-state index >= 15 is 0 Å². The summed E-state index contributed by atoms with van der Waals surface area (Å²) in [5.41, 5.74) is 5.05. The number of nitrogens with zero attached hydrogens (tertiary/aromatic N) is 2. The average Bonchev–Trinajstić information content (AvgIpc) is 2.69. The van der Waals surface area contributed by atoms with Gasteiger partial charge in [-0.1, -0.05) is 11.3 Å². The lowest BCUT2D eigenvalue weighted by Crippen LogP contribution is -2.37. The Balaban J connectivity index is 2.02. The van der Waals surface area contributed by atoms with Gasteiger partial charge in [0.25, 0.3) is 0 Å². The molecule has 0 spiro atoms. The van der Waals surface area contributed by atoms with Crippen molar-refractivity contribution in [3.05, 3.63) is 5.01 Å². The minimum absolute atomic E-state index is 0.149. The normalized spacial score (nSPS) is 18.3. The van der Waals surface area contributed by atoms with E-state index in [1.165, 1.54) is 11.3 Å². The first-order valence-electron chi connectivity index (χ1n) is 4.01. The van der Waals surface area contributed by atoms with Crippen LogP contribution in [0.4, 0.5) is 5.13 Å². The van der Waals surface area contributed by atoms with E-state index in [-0.39, 0.29) is 5.91 Å². The van der Waals surface area contributed by atoms with Crippen molar-refractivity contribution < 1.29 is 4.79 Å². The molecule has 0 saturated heterocycles. The van der Waals surface area contributed by atoms with E-state index < -0.39 is 5.54 Å². The van der Waals surface area contributed by atoms with Crippen LogP contribution in [-0.4, -0.2) is 21.6 Å². The zero-order valence-electron chi connectivity index (χ0n) is 7.20. The van der Waals surface area contributed by atoms with Crippen molar-refractivity contribution in [3.63, 3.8) is 0 Å². The topological polar surface area (TPSA) is 80.9 Å². The van der Waals surface area contributed by atoms with Crippen LogP contribution >= 0.6 is 11.3 Å². The van der Waals surface area contributed by atoms with E-state index in [2.05, 4.69) is 15.5 Å². The lowest BCUT2D eigenvalue weighted by atomic mass is 10.3. The molecule has 6 heteroatoms. The number of hydrogen-bond acceptors (Lipinski definition) is 5. The first-order chi connectivity index (χ1) is 6.10. The molecule has 0 unspecified atom stereocenters. The SMILES string of the molecule is Cc1nnc(NC(=O)C2(N)CC2)s1. The number of anilines is 1. The minimum atomic E-state index is -0.639. The van der Waals surface area contributed by atoms with Gasteiger partial charge >= 0.3 is 0 Å². The maximum absolute atomic E-state index is 11.4. The van der Waals surface area contributed by atoms with Gasteiger partial charge in [-0.05, 0) is 19.8 Å². The van der Waals surface area contributed by atoms with Gasteiger partial charge in [0.15, 0.2) is 0 Å². The highest BCUT2D eigenvalue weighted by atomic mass is 32.1. The van der Waals surface area contributed by atoms with E-state index in [9.17, 15) is 4.79 Å². The molecule has 3 N–H and O–H groups in total. The van der Waals surface area contributed by atoms with Crippen molar-refractivity contribution in [2.24, 2.45) is 5.73 Å². The number of aryl methyl sites for hydroxylation is 1. The van der Waals surface area contributed by atoms with E-state index in [0.29, 0.717) is 5.13 Å². The Morgan fingerprint density at radius 2 is 2.31 bits per heavy atom. The van der Waals surface area contributed by atoms with Gasteiger partial charge in [0.1, 0.15) is 5.01 Å². The molecule has 2 rings (SSSR count). The molecule has 1 aliphatic carbocycles. The van der Waals surface area contributed by atoms with Crippen molar-refractivity contribution >= 4 is 22.4 Å². The number of amides is 1. The van der Waals surface area contributed by atoms with Crippen LogP contribution in [-0.2, 0) is 4.79 Å². The number of carbonyl (C=O) groups is 1. The highest BCUT2D eigenvalue weighted by molar-refractivity contribution is 7.15. The molecule has 1 fully saturated rings. The smallest absolute Gasteiger partial charge is 0.246 e. The predicted octanol–water partition coefficient (Wildman–Crippen LogP) is 0.276. The Morgan fingerprint density at radius 1 is 1.62 bits per heavy atom. The second-order valence-electron chi connectivity index (χ2n) is 3.24. The van der Waals surface area contributed by atoms with Gasteiger partial charge < -0.3 is 5.73 Å². The number of aromatic nitrogens is 2. The summed E-state index contributed by atoms with van der Waals surface area (Å²) in [6.07, 6.45) is 1.52. The first-order valence-corrected chi connectivity index (χ1v) is 4.82. The fraction of sp³-hybridized carbons (Fsp3) is 0.571. The molecule has 5 nitrogen and oxygen atoms in total. The second kappa shape index (κ2) is 2.74. The molecule has 70 valence electrons. The van der Waals surface area contributed by atoms with Crippen molar-refractivity contribution in [2.75, 3.05) is 5.32 Å². The van der Waals surface area contributed by atoms with Crippen molar-refractivity contribution in [1.82, 2.24) is 10.2 Å². The summed E-state index contributed by atoms with van der Waals surface area (Å²) in [6, 6.07) is 0. The molecule has 0 atom stereocenters. The Morgan fingerprint density at radius 3 is 2.77 bits per heavy atom. The summed E-state index contributed by atoms with van der Waals surface area (Å²) >= 11 is 1.35. The second-order valence-corrected chi connectivity index (χ2v) is 4.42. The summed E-state index contributed by atoms with van der Waals surface area (Å²) < 4.78 is 0. The summed E-state index contributed by atoms with van der Waals surface area (Å²) in [5, 5.41) is 11.6. The molecular formula is C7H10N4OS. The molecular weight excluding hydrogens is 188 g/mol. The van der Waals surface area contributed by atoms with Gasteiger partial charge in [-0.25, -0.2) is 0 Å². The predicted molar refractivity (Wildman–Crippen MR) is 49.4 cm³/mol. The molecule has 1 saturated carbocycles. The maximum Gasteiger partial charge on any atom is 0.246 e. The highest BCUT2D eigenvalue weighted by Gasteiger charge is 2.46. The third kappa shape index (κ3) is 1.68. The van der Waals surface area contributed by atoms with Crippen LogP contribution in [0.3, 0.4) is 0 Å². The third-order valence-corrected chi connectivity index (χ3v) is 2.74. The van der Waals surface area contributed by atoms with Crippen molar-refractivity contribution in [3.8, 4) is 0 Å². The van der Waals surface area contributed by atoms with Gasteiger partial charge in [0, 0.05) is 0 Å². The molecule has 1 aliphatic rings. The number of rotatable bonds is 2. The Kier molecular flexibility index (Phi) is 1.81. The number of nitrogens with one attached hydrogen (secondary N) is 1. The third-order valence-electron chi connectivity index (χ3n) is 1.99. The van der Waals surface area contributed by atoms with Gasteiger partial charge in [-0.2, -0.15) is 0 Å². The lowest BCUT2D eigenvalue weighted by Gasteiger charge is -2.05. The fourth-order valence-electron chi connectivity index (χ4n) is 0.930. The molecule has 1 aromatic heterocycles. The van der Waals surface area contributed by atoms with Crippen LogP contribution in [0.25, 0.3) is 0 Å². The van der Waals surface area contributed by atoms with Crippen LogP contribution in [0.5, 0.6) is 0 Å². The Bertz CT molecular complexity index is 344. The van der Waals surface area contributed by atoms with E-state index in [1.807, 2.05) is 6.92 Å². The van der Waals surface area contributed by atoms with Crippen LogP contribution in [0.15, 0.2) is 0 Å². The molecule has 1 heterocycles. The fourth-order valence-corrected chi connectivity index (χ4v) is 1.52. The first kappa shape index (κ1) is 8.58. The zero-order valence-corrected chi connectivity index (χ0v) is 8.02. The largest absolute Gasteiger partial charge is 0.317 e. The van der Waals surface area contributed by atoms with Gasteiger partial charge in [-0.15, -0.1) is 10.2 Å². The molecule has 0 radical (unpaired) electrons. The number of hydrogen-bond donors (Lipinski definition) is 2. The summed E-state index contributed by atoms with van der Waals surface area (Å²) in [4.78, 5) is 11.4. The molecule has 13 heavy (non-hydrogen) atoms. The highest BCUT2D eigenvalue weighted by Crippen LogP contribution is 2.33. The Hall–Kier alpha value is -1.01. The van der Waals surface area contributed by atoms with E-state index in [1.54, 1.807) is 0 Å². The van der Waals surface area contributed by atoms with Crippen LogP contribution in [0.2, 0.25) is 0 Å². The van der Waals surface area contributed by atoms with Crippen LogP contribution < -0.4 is 11.1 Å². The molecule has 0 aromatic carbocycles. The van der Waals surface area contributed by atoms with E-state index in [0.717, 1.165) is 17.8 Å². The van der Waals surface area contributed by atoms with Crippen molar-refractivity contribution in [2.45, 2.75) is 25.3 Å². The van der Waals surface area contributed by atoms with Gasteiger partial charge in [-0.3, -0.25) is 10.1 Å². The Labute approximate surface area is 79.3 Å². The minimum Gasteiger partial charge on any atom is -0.317 e. The quantitative estimate of drug-likeness (QED) is 0.715. The summed E-state index contributed by atoms with van der Waals surface area (Å²) in [6.45, 7) is 1.84. The number of carbonyl (C=O) groups excluding carboxylic acids is 1. The van der Waals surface area contributed by atoms with Crippen molar-refractivity contribution in [1.29, 1.82) is 0 Å². The summed E-state index contributed by atoms with van der Waals surface area (Å²) in [5.74, 6) is -0.149. The number of nitrogens with two attached hydrogens (primary N) is 1. The van der Waals surface area contributed by atoms with E-state index in [4.69, 9.17) is 5.73 Å². The monoisotopic (exact) mass is 198 g/mol. The van der Waals surface area contributed by atoms with Gasteiger partial charge in [0.2, 0.25) is 11.0 Å². The lowest BCUT2D eigenvalue weighted by molar-refractivity contribution is -0.118. The van der Waals surface area contributed by atoms with Crippen LogP contribution in [0, 0.1) is 6.92 Å². The van der Waals surface area contributed by atoms with Gasteiger partial charge in [0.05, 0.1) is 5.54 Å². The molecule has 0 aliphatic heterocycles.